The standard InChI is InChI=1S/C11H15NS/c1-10-6-2-3-7-11(10)13-9-5-4-8-12/h2-7H,8-9,12H2,1H3. The van der Waals surface area contributed by atoms with Crippen molar-refractivity contribution in [3.63, 3.8) is 0 Å². The number of nitrogens with two attached hydrogens (primary N) is 1. The minimum Gasteiger partial charge on any atom is -0.327 e. The van der Waals surface area contributed by atoms with E-state index in [1.165, 1.54) is 10.5 Å². The third kappa shape index (κ3) is 3.66. The van der Waals surface area contributed by atoms with E-state index in [9.17, 15) is 0 Å². The molecule has 0 spiro atoms. The summed E-state index contributed by atoms with van der Waals surface area (Å²) in [5.74, 6) is 1.00. The first-order valence-corrected chi connectivity index (χ1v) is 5.36. The van der Waals surface area contributed by atoms with Crippen molar-refractivity contribution in [3.8, 4) is 0 Å². The topological polar surface area (TPSA) is 26.0 Å². The molecule has 0 amide bonds. The van der Waals surface area contributed by atoms with Gasteiger partial charge in [0, 0.05) is 17.2 Å². The lowest BCUT2D eigenvalue weighted by molar-refractivity contribution is 1.25. The summed E-state index contributed by atoms with van der Waals surface area (Å²) in [6.07, 6.45) is 4.10. The van der Waals surface area contributed by atoms with Gasteiger partial charge in [-0.2, -0.15) is 0 Å². The molecular weight excluding hydrogens is 178 g/mol. The third-order valence-electron chi connectivity index (χ3n) is 1.73. The van der Waals surface area contributed by atoms with E-state index < -0.39 is 0 Å². The van der Waals surface area contributed by atoms with Gasteiger partial charge in [-0.3, -0.25) is 0 Å². The van der Waals surface area contributed by atoms with Gasteiger partial charge < -0.3 is 5.73 Å². The maximum absolute atomic E-state index is 5.34. The molecule has 2 heteroatoms. The zero-order chi connectivity index (χ0) is 9.52. The van der Waals surface area contributed by atoms with Crippen LogP contribution >= 0.6 is 11.8 Å². The number of rotatable bonds is 4. The Morgan fingerprint density at radius 3 is 2.77 bits per heavy atom. The van der Waals surface area contributed by atoms with Gasteiger partial charge in [0.2, 0.25) is 0 Å². The smallest absolute Gasteiger partial charge is 0.0161 e. The Morgan fingerprint density at radius 2 is 2.08 bits per heavy atom. The van der Waals surface area contributed by atoms with Gasteiger partial charge in [-0.15, -0.1) is 11.8 Å². The van der Waals surface area contributed by atoms with Gasteiger partial charge in [0.05, 0.1) is 0 Å². The summed E-state index contributed by atoms with van der Waals surface area (Å²) in [4.78, 5) is 1.35. The van der Waals surface area contributed by atoms with Gasteiger partial charge in [0.25, 0.3) is 0 Å². The van der Waals surface area contributed by atoms with Crippen molar-refractivity contribution in [1.29, 1.82) is 0 Å². The number of aryl methyl sites for hydroxylation is 1. The predicted octanol–water partition coefficient (Wildman–Crippen LogP) is 2.60. The molecule has 1 aromatic rings. The van der Waals surface area contributed by atoms with Crippen molar-refractivity contribution in [1.82, 2.24) is 0 Å². The van der Waals surface area contributed by atoms with Crippen LogP contribution in [-0.2, 0) is 0 Å². The highest BCUT2D eigenvalue weighted by Gasteiger charge is 1.94. The van der Waals surface area contributed by atoms with Gasteiger partial charge in [0.15, 0.2) is 0 Å². The molecule has 0 atom stereocenters. The molecule has 0 aliphatic heterocycles. The molecule has 0 saturated heterocycles. The Bertz CT molecular complexity index is 281. The van der Waals surface area contributed by atoms with E-state index >= 15 is 0 Å². The fraction of sp³-hybridized carbons (Fsp3) is 0.273. The van der Waals surface area contributed by atoms with E-state index in [4.69, 9.17) is 5.73 Å². The zero-order valence-electron chi connectivity index (χ0n) is 7.86. The average molecular weight is 193 g/mol. The number of thioether (sulfide) groups is 1. The van der Waals surface area contributed by atoms with Gasteiger partial charge in [0.1, 0.15) is 0 Å². The first kappa shape index (κ1) is 10.4. The van der Waals surface area contributed by atoms with Crippen molar-refractivity contribution < 1.29 is 0 Å². The van der Waals surface area contributed by atoms with Crippen LogP contribution in [0, 0.1) is 6.92 Å². The van der Waals surface area contributed by atoms with Crippen LogP contribution in [0.3, 0.4) is 0 Å². The van der Waals surface area contributed by atoms with Crippen LogP contribution in [-0.4, -0.2) is 12.3 Å². The van der Waals surface area contributed by atoms with Crippen LogP contribution < -0.4 is 5.73 Å². The van der Waals surface area contributed by atoms with Gasteiger partial charge in [-0.05, 0) is 18.6 Å². The Kier molecular flexibility index (Phi) is 4.65. The highest BCUT2D eigenvalue weighted by atomic mass is 32.2. The molecule has 13 heavy (non-hydrogen) atoms. The van der Waals surface area contributed by atoms with E-state index in [-0.39, 0.29) is 0 Å². The first-order chi connectivity index (χ1) is 6.34. The maximum atomic E-state index is 5.34. The minimum absolute atomic E-state index is 0.633. The van der Waals surface area contributed by atoms with Crippen LogP contribution in [0.2, 0.25) is 0 Å². The largest absolute Gasteiger partial charge is 0.327 e. The minimum atomic E-state index is 0.633. The molecule has 1 nitrogen and oxygen atoms in total. The maximum Gasteiger partial charge on any atom is 0.0161 e. The van der Waals surface area contributed by atoms with Crippen LogP contribution in [0.15, 0.2) is 41.3 Å². The molecule has 1 rings (SSSR count). The van der Waals surface area contributed by atoms with E-state index in [0.717, 1.165) is 5.75 Å². The van der Waals surface area contributed by atoms with Crippen molar-refractivity contribution >= 4 is 11.8 Å². The normalized spacial score (nSPS) is 10.9. The van der Waals surface area contributed by atoms with Crippen LogP contribution in [0.5, 0.6) is 0 Å². The molecule has 70 valence electrons. The van der Waals surface area contributed by atoms with Crippen molar-refractivity contribution in [2.45, 2.75) is 11.8 Å². The van der Waals surface area contributed by atoms with Crippen molar-refractivity contribution in [2.75, 3.05) is 12.3 Å². The van der Waals surface area contributed by atoms with Crippen molar-refractivity contribution in [3.05, 3.63) is 42.0 Å². The Morgan fingerprint density at radius 1 is 1.31 bits per heavy atom. The van der Waals surface area contributed by atoms with E-state index in [2.05, 4.69) is 37.3 Å². The summed E-state index contributed by atoms with van der Waals surface area (Å²) in [5, 5.41) is 0. The summed E-state index contributed by atoms with van der Waals surface area (Å²) in [7, 11) is 0. The molecule has 0 radical (unpaired) electrons. The Balaban J connectivity index is 2.45. The number of benzene rings is 1. The van der Waals surface area contributed by atoms with E-state index in [1.54, 1.807) is 0 Å². The zero-order valence-corrected chi connectivity index (χ0v) is 8.68. The highest BCUT2D eigenvalue weighted by Crippen LogP contribution is 2.21. The molecule has 0 fully saturated rings. The fourth-order valence-electron chi connectivity index (χ4n) is 1.02. The Hall–Kier alpha value is -0.730. The summed E-state index contributed by atoms with van der Waals surface area (Å²) < 4.78 is 0. The number of hydrogen-bond donors (Lipinski definition) is 1. The molecule has 1 aromatic carbocycles. The fourth-order valence-corrected chi connectivity index (χ4v) is 1.90. The predicted molar refractivity (Wildman–Crippen MR) is 60.1 cm³/mol. The molecule has 2 N–H and O–H groups in total. The molecule has 0 aliphatic carbocycles. The lowest BCUT2D eigenvalue weighted by Gasteiger charge is -2.01. The second kappa shape index (κ2) is 5.84. The van der Waals surface area contributed by atoms with Crippen LogP contribution in [0.1, 0.15) is 5.56 Å². The summed E-state index contributed by atoms with van der Waals surface area (Å²) in [5.41, 5.74) is 6.68. The highest BCUT2D eigenvalue weighted by molar-refractivity contribution is 7.99. The molecular formula is C11H15NS. The SMILES string of the molecule is Cc1ccccc1SCC=CCN. The molecule has 0 heterocycles. The van der Waals surface area contributed by atoms with Crippen LogP contribution in [0.25, 0.3) is 0 Å². The summed E-state index contributed by atoms with van der Waals surface area (Å²) in [6.45, 7) is 2.77. The lowest BCUT2D eigenvalue weighted by Crippen LogP contribution is -1.92. The van der Waals surface area contributed by atoms with Gasteiger partial charge in [-0.1, -0.05) is 30.4 Å². The average Bonchev–Trinajstić information content (AvgIpc) is 2.15. The molecule has 0 bridgehead atoms. The second-order valence-electron chi connectivity index (χ2n) is 2.78. The Labute approximate surface area is 84.0 Å². The number of hydrogen-bond acceptors (Lipinski definition) is 2. The third-order valence-corrected chi connectivity index (χ3v) is 2.86. The van der Waals surface area contributed by atoms with E-state index in [1.807, 2.05) is 17.8 Å². The molecule has 0 aliphatic rings. The van der Waals surface area contributed by atoms with Crippen molar-refractivity contribution in [2.24, 2.45) is 5.73 Å². The monoisotopic (exact) mass is 193 g/mol. The summed E-state index contributed by atoms with van der Waals surface area (Å²) in [6, 6.07) is 8.42. The molecule has 0 unspecified atom stereocenters. The molecule has 0 aromatic heterocycles. The second-order valence-corrected chi connectivity index (χ2v) is 3.85. The summed E-state index contributed by atoms with van der Waals surface area (Å²) >= 11 is 1.84. The quantitative estimate of drug-likeness (QED) is 0.587. The van der Waals surface area contributed by atoms with E-state index in [0.29, 0.717) is 6.54 Å². The lowest BCUT2D eigenvalue weighted by atomic mass is 10.2. The van der Waals surface area contributed by atoms with Crippen LogP contribution in [0.4, 0.5) is 0 Å². The first-order valence-electron chi connectivity index (χ1n) is 4.38. The van der Waals surface area contributed by atoms with Gasteiger partial charge >= 0.3 is 0 Å². The van der Waals surface area contributed by atoms with Gasteiger partial charge in [-0.25, -0.2) is 0 Å². The molecule has 0 saturated carbocycles.